The largest absolute Gasteiger partial charge is 0.317 e. The molecule has 0 aliphatic carbocycles. The molecule has 2 rings (SSSR count). The van der Waals surface area contributed by atoms with Crippen LogP contribution in [0.1, 0.15) is 56.5 Å². The lowest BCUT2D eigenvalue weighted by atomic mass is 9.85. The molecule has 0 saturated carbocycles. The average molecular weight is 235 g/mol. The molecule has 1 aliphatic heterocycles. The highest BCUT2D eigenvalue weighted by Gasteiger charge is 2.27. The van der Waals surface area contributed by atoms with Crippen molar-refractivity contribution in [3.63, 3.8) is 0 Å². The highest BCUT2D eigenvalue weighted by Crippen LogP contribution is 2.33. The lowest BCUT2D eigenvalue weighted by Crippen LogP contribution is -2.27. The zero-order valence-electron chi connectivity index (χ0n) is 11.8. The Labute approximate surface area is 105 Å². The summed E-state index contributed by atoms with van der Waals surface area (Å²) < 4.78 is 2.09. The number of nitrogens with zero attached hydrogens (tertiary/aromatic N) is 2. The summed E-state index contributed by atoms with van der Waals surface area (Å²) in [7, 11) is 2.08. The van der Waals surface area contributed by atoms with Gasteiger partial charge in [0.2, 0.25) is 0 Å². The second-order valence-electron chi connectivity index (χ2n) is 6.26. The van der Waals surface area contributed by atoms with Crippen molar-refractivity contribution in [2.24, 2.45) is 7.05 Å². The molecule has 3 heteroatoms. The summed E-state index contributed by atoms with van der Waals surface area (Å²) in [5, 5.41) is 8.21. The Morgan fingerprint density at radius 3 is 2.29 bits per heavy atom. The third-order valence-electron chi connectivity index (χ3n) is 3.76. The molecular weight excluding hydrogens is 210 g/mol. The van der Waals surface area contributed by atoms with Gasteiger partial charge in [-0.2, -0.15) is 5.10 Å². The number of hydrogen-bond donors (Lipinski definition) is 1. The Balaban J connectivity index is 2.36. The minimum atomic E-state index is 0.178. The lowest BCUT2D eigenvalue weighted by Gasteiger charge is -2.22. The molecule has 0 bridgehead atoms. The van der Waals surface area contributed by atoms with Crippen LogP contribution < -0.4 is 5.32 Å². The van der Waals surface area contributed by atoms with Crippen molar-refractivity contribution >= 4 is 0 Å². The molecule has 1 aliphatic rings. The van der Waals surface area contributed by atoms with Gasteiger partial charge in [0, 0.05) is 24.1 Å². The van der Waals surface area contributed by atoms with Crippen LogP contribution in [0.15, 0.2) is 0 Å². The molecule has 0 amide bonds. The number of aryl methyl sites for hydroxylation is 1. The van der Waals surface area contributed by atoms with E-state index in [2.05, 4.69) is 44.7 Å². The first kappa shape index (κ1) is 12.6. The van der Waals surface area contributed by atoms with Crippen molar-refractivity contribution in [2.75, 3.05) is 13.1 Å². The number of hydrogen-bond acceptors (Lipinski definition) is 2. The maximum absolute atomic E-state index is 4.79. The monoisotopic (exact) mass is 235 g/mol. The van der Waals surface area contributed by atoms with Crippen molar-refractivity contribution in [2.45, 2.75) is 51.9 Å². The summed E-state index contributed by atoms with van der Waals surface area (Å²) in [6.45, 7) is 11.3. The fourth-order valence-electron chi connectivity index (χ4n) is 3.18. The van der Waals surface area contributed by atoms with Gasteiger partial charge in [-0.1, -0.05) is 20.8 Å². The van der Waals surface area contributed by atoms with Crippen molar-refractivity contribution < 1.29 is 0 Å². The molecule has 0 radical (unpaired) electrons. The summed E-state index contributed by atoms with van der Waals surface area (Å²) in [5.74, 6) is 0.651. The molecule has 0 unspecified atom stereocenters. The predicted octanol–water partition coefficient (Wildman–Crippen LogP) is 2.49. The van der Waals surface area contributed by atoms with Crippen LogP contribution in [0.25, 0.3) is 0 Å². The van der Waals surface area contributed by atoms with Gasteiger partial charge in [0.25, 0.3) is 0 Å². The van der Waals surface area contributed by atoms with Gasteiger partial charge in [-0.05, 0) is 38.4 Å². The molecule has 1 N–H and O–H groups in total. The highest BCUT2D eigenvalue weighted by molar-refractivity contribution is 5.32. The normalized spacial score (nSPS) is 18.6. The average Bonchev–Trinajstić information content (AvgIpc) is 2.54. The third kappa shape index (κ3) is 2.39. The molecule has 3 nitrogen and oxygen atoms in total. The molecule has 0 spiro atoms. The number of rotatable bonds is 1. The topological polar surface area (TPSA) is 29.9 Å². The maximum atomic E-state index is 4.79. The van der Waals surface area contributed by atoms with Crippen LogP contribution in [0.3, 0.4) is 0 Å². The quantitative estimate of drug-likeness (QED) is 0.810. The molecule has 96 valence electrons. The van der Waals surface area contributed by atoms with E-state index < -0.39 is 0 Å². The zero-order valence-corrected chi connectivity index (χ0v) is 11.8. The molecule has 2 heterocycles. The number of piperidine rings is 1. The van der Waals surface area contributed by atoms with Crippen molar-refractivity contribution in [3.05, 3.63) is 17.0 Å². The summed E-state index contributed by atoms with van der Waals surface area (Å²) in [6, 6.07) is 0. The molecule has 1 saturated heterocycles. The molecule has 17 heavy (non-hydrogen) atoms. The Bertz CT molecular complexity index is 392. The van der Waals surface area contributed by atoms with E-state index in [4.69, 9.17) is 5.10 Å². The van der Waals surface area contributed by atoms with Crippen LogP contribution in [0, 0.1) is 6.92 Å². The minimum absolute atomic E-state index is 0.178. The fourth-order valence-corrected chi connectivity index (χ4v) is 3.18. The van der Waals surface area contributed by atoms with Crippen LogP contribution in [0.4, 0.5) is 0 Å². The number of nitrogens with one attached hydrogen (secondary N) is 1. The maximum Gasteiger partial charge on any atom is 0.0688 e. The lowest BCUT2D eigenvalue weighted by molar-refractivity contribution is 0.448. The molecule has 1 fully saturated rings. The SMILES string of the molecule is Cc1c(C2CCNCC2)nn(C)c1C(C)(C)C. The summed E-state index contributed by atoms with van der Waals surface area (Å²) >= 11 is 0. The third-order valence-corrected chi connectivity index (χ3v) is 3.76. The van der Waals surface area contributed by atoms with Crippen LogP contribution in [0.2, 0.25) is 0 Å². The van der Waals surface area contributed by atoms with Gasteiger partial charge in [0.1, 0.15) is 0 Å². The van der Waals surface area contributed by atoms with Gasteiger partial charge in [-0.25, -0.2) is 0 Å². The Hall–Kier alpha value is -0.830. The zero-order chi connectivity index (χ0) is 12.6. The van der Waals surface area contributed by atoms with E-state index in [9.17, 15) is 0 Å². The van der Waals surface area contributed by atoms with Crippen molar-refractivity contribution in [1.82, 2.24) is 15.1 Å². The van der Waals surface area contributed by atoms with Crippen LogP contribution in [-0.4, -0.2) is 22.9 Å². The van der Waals surface area contributed by atoms with Crippen LogP contribution in [0.5, 0.6) is 0 Å². The Morgan fingerprint density at radius 2 is 1.82 bits per heavy atom. The molecule has 0 atom stereocenters. The summed E-state index contributed by atoms with van der Waals surface area (Å²) in [4.78, 5) is 0. The Morgan fingerprint density at radius 1 is 1.24 bits per heavy atom. The fraction of sp³-hybridized carbons (Fsp3) is 0.786. The van der Waals surface area contributed by atoms with E-state index in [1.807, 2.05) is 0 Å². The highest BCUT2D eigenvalue weighted by atomic mass is 15.3. The van der Waals surface area contributed by atoms with E-state index in [1.165, 1.54) is 29.8 Å². The second kappa shape index (κ2) is 4.45. The smallest absolute Gasteiger partial charge is 0.0688 e. The van der Waals surface area contributed by atoms with Gasteiger partial charge in [0.05, 0.1) is 5.69 Å². The Kier molecular flexibility index (Phi) is 3.30. The number of aromatic nitrogens is 2. The molecule has 0 aromatic carbocycles. The first-order chi connectivity index (χ1) is 7.91. The van der Waals surface area contributed by atoms with Gasteiger partial charge in [-0.3, -0.25) is 4.68 Å². The molecule has 1 aromatic rings. The summed E-state index contributed by atoms with van der Waals surface area (Å²) in [5.41, 5.74) is 4.30. The first-order valence-electron chi connectivity index (χ1n) is 6.66. The van der Waals surface area contributed by atoms with Crippen molar-refractivity contribution in [1.29, 1.82) is 0 Å². The summed E-state index contributed by atoms with van der Waals surface area (Å²) in [6.07, 6.45) is 2.45. The van der Waals surface area contributed by atoms with E-state index in [1.54, 1.807) is 0 Å². The second-order valence-corrected chi connectivity index (χ2v) is 6.26. The van der Waals surface area contributed by atoms with Crippen LogP contribution in [-0.2, 0) is 12.5 Å². The van der Waals surface area contributed by atoms with Crippen molar-refractivity contribution in [3.8, 4) is 0 Å². The molecular formula is C14H25N3. The van der Waals surface area contributed by atoms with E-state index in [0.29, 0.717) is 5.92 Å². The van der Waals surface area contributed by atoms with E-state index in [-0.39, 0.29) is 5.41 Å². The van der Waals surface area contributed by atoms with Gasteiger partial charge < -0.3 is 5.32 Å². The molecule has 1 aromatic heterocycles. The van der Waals surface area contributed by atoms with Gasteiger partial charge >= 0.3 is 0 Å². The van der Waals surface area contributed by atoms with Gasteiger partial charge in [0.15, 0.2) is 0 Å². The standard InChI is InChI=1S/C14H25N3/c1-10-12(11-6-8-15-9-7-11)16-17(5)13(10)14(2,3)4/h11,15H,6-9H2,1-5H3. The first-order valence-corrected chi connectivity index (χ1v) is 6.66. The van der Waals surface area contributed by atoms with Crippen LogP contribution >= 0.6 is 0 Å². The minimum Gasteiger partial charge on any atom is -0.317 e. The predicted molar refractivity (Wildman–Crippen MR) is 71.5 cm³/mol. The van der Waals surface area contributed by atoms with Gasteiger partial charge in [-0.15, -0.1) is 0 Å². The van der Waals surface area contributed by atoms with E-state index in [0.717, 1.165) is 13.1 Å². The van der Waals surface area contributed by atoms with E-state index >= 15 is 0 Å².